The van der Waals surface area contributed by atoms with E-state index in [1.165, 1.54) is 0 Å². The van der Waals surface area contributed by atoms with Gasteiger partial charge in [0.15, 0.2) is 0 Å². The molecule has 0 fully saturated rings. The smallest absolute Gasteiger partial charge is 0.293 e. The summed E-state index contributed by atoms with van der Waals surface area (Å²) in [4.78, 5) is 9.95. The summed E-state index contributed by atoms with van der Waals surface area (Å²) >= 11 is 3.38. The van der Waals surface area contributed by atoms with Crippen LogP contribution >= 0.6 is 15.9 Å². The van der Waals surface area contributed by atoms with Crippen LogP contribution in [0, 0.1) is 0 Å². The van der Waals surface area contributed by atoms with Crippen LogP contribution in [-0.4, -0.2) is 22.3 Å². The molecule has 1 aromatic rings. The van der Waals surface area contributed by atoms with Crippen LogP contribution in [-0.2, 0) is 9.53 Å². The maximum atomic E-state index is 9.60. The molecule has 1 rings (SSSR count). The highest BCUT2D eigenvalue weighted by atomic mass is 79.9. The summed E-state index contributed by atoms with van der Waals surface area (Å²) in [5, 5.41) is 6.67. The molecule has 5 heteroatoms. The molecule has 0 spiro atoms. The van der Waals surface area contributed by atoms with Gasteiger partial charge in [-0.3, -0.25) is 9.89 Å². The van der Waals surface area contributed by atoms with Gasteiger partial charge in [0.25, 0.3) is 6.47 Å². The second-order valence-corrected chi connectivity index (χ2v) is 5.32. The number of carbonyl (C=O) groups excluding carboxylic acids is 1. The van der Waals surface area contributed by atoms with Gasteiger partial charge < -0.3 is 4.74 Å². The highest BCUT2D eigenvalue weighted by molar-refractivity contribution is 9.09. The summed E-state index contributed by atoms with van der Waals surface area (Å²) in [6.07, 6.45) is 1.81. The molecular formula is C10H17BrN2O2. The minimum atomic E-state index is -0.318. The first-order valence-electron chi connectivity index (χ1n) is 4.62. The summed E-state index contributed by atoms with van der Waals surface area (Å²) in [5.41, 5.74) is 0.729. The largest absolute Gasteiger partial charge is 0.462 e. The molecular weight excluding hydrogens is 260 g/mol. The van der Waals surface area contributed by atoms with E-state index < -0.39 is 0 Å². The molecule has 0 radical (unpaired) electrons. The number of hydrogen-bond donors (Lipinski definition) is 1. The quantitative estimate of drug-likeness (QED) is 0.668. The molecule has 86 valence electrons. The Morgan fingerprint density at radius 2 is 2.20 bits per heavy atom. The molecule has 15 heavy (non-hydrogen) atoms. The summed E-state index contributed by atoms with van der Waals surface area (Å²) in [6, 6.07) is 1.94. The van der Waals surface area contributed by atoms with Crippen molar-refractivity contribution in [2.75, 3.05) is 0 Å². The fourth-order valence-electron chi connectivity index (χ4n) is 0.638. The molecule has 0 bridgehead atoms. The van der Waals surface area contributed by atoms with Crippen LogP contribution in [0.25, 0.3) is 0 Å². The van der Waals surface area contributed by atoms with Crippen molar-refractivity contribution in [3.8, 4) is 0 Å². The number of aromatic nitrogens is 2. The van der Waals surface area contributed by atoms with Crippen LogP contribution in [0.4, 0.5) is 0 Å². The van der Waals surface area contributed by atoms with Crippen molar-refractivity contribution in [3.05, 3.63) is 18.0 Å². The van der Waals surface area contributed by atoms with Crippen LogP contribution in [0.3, 0.4) is 0 Å². The highest BCUT2D eigenvalue weighted by Crippen LogP contribution is 2.17. The summed E-state index contributed by atoms with van der Waals surface area (Å²) in [6.45, 7) is 7.96. The molecule has 1 heterocycles. The van der Waals surface area contributed by atoms with E-state index in [4.69, 9.17) is 0 Å². The number of aromatic amines is 1. The number of H-pyrrole nitrogens is 1. The Morgan fingerprint density at radius 1 is 1.60 bits per heavy atom. The van der Waals surface area contributed by atoms with Crippen LogP contribution in [0.2, 0.25) is 0 Å². The van der Waals surface area contributed by atoms with Gasteiger partial charge in [0, 0.05) is 6.20 Å². The fourth-order valence-corrected chi connectivity index (χ4v) is 0.893. The second-order valence-electron chi connectivity index (χ2n) is 3.94. The number of carbonyl (C=O) groups is 1. The van der Waals surface area contributed by atoms with Crippen LogP contribution in [0.15, 0.2) is 12.3 Å². The Balaban J connectivity index is 0.000000265. The molecule has 0 aliphatic carbocycles. The zero-order valence-corrected chi connectivity index (χ0v) is 11.0. The van der Waals surface area contributed by atoms with Gasteiger partial charge in [-0.05, 0) is 33.8 Å². The van der Waals surface area contributed by atoms with Gasteiger partial charge in [-0.1, -0.05) is 15.9 Å². The van der Waals surface area contributed by atoms with E-state index in [-0.39, 0.29) is 5.60 Å². The summed E-state index contributed by atoms with van der Waals surface area (Å²) in [7, 11) is 0. The Labute approximate surface area is 98.5 Å². The third kappa shape index (κ3) is 8.17. The first kappa shape index (κ1) is 14.2. The van der Waals surface area contributed by atoms with Gasteiger partial charge >= 0.3 is 0 Å². The second kappa shape index (κ2) is 6.61. The van der Waals surface area contributed by atoms with Crippen LogP contribution in [0.1, 0.15) is 38.2 Å². The van der Waals surface area contributed by atoms with Crippen molar-refractivity contribution in [1.29, 1.82) is 0 Å². The number of nitrogens with zero attached hydrogens (tertiary/aromatic N) is 1. The Bertz CT molecular complexity index is 265. The molecule has 4 nitrogen and oxygen atoms in total. The molecule has 1 aromatic heterocycles. The molecule has 1 N–H and O–H groups in total. The van der Waals surface area contributed by atoms with E-state index in [9.17, 15) is 4.79 Å². The molecule has 0 saturated carbocycles. The van der Waals surface area contributed by atoms with Gasteiger partial charge in [0.1, 0.15) is 5.60 Å². The Morgan fingerprint density at radius 3 is 2.33 bits per heavy atom. The maximum absolute atomic E-state index is 9.60. The standard InChI is InChI=1S/C5H7BrN2.C5H10O2/c1-4(6)5-2-3-7-8-5;1-5(2,3)7-4-6/h2-4H,1H3,(H,7,8);4H,1-3H3. The first-order valence-corrected chi connectivity index (χ1v) is 5.53. The van der Waals surface area contributed by atoms with Crippen molar-refractivity contribution in [2.45, 2.75) is 38.1 Å². The van der Waals surface area contributed by atoms with Crippen molar-refractivity contribution < 1.29 is 9.53 Å². The van der Waals surface area contributed by atoms with Crippen molar-refractivity contribution >= 4 is 22.4 Å². The molecule has 0 aliphatic rings. The monoisotopic (exact) mass is 276 g/mol. The maximum Gasteiger partial charge on any atom is 0.293 e. The minimum Gasteiger partial charge on any atom is -0.462 e. The zero-order chi connectivity index (χ0) is 11.9. The van der Waals surface area contributed by atoms with Crippen molar-refractivity contribution in [3.63, 3.8) is 0 Å². The Hall–Kier alpha value is -0.840. The molecule has 0 aromatic carbocycles. The summed E-state index contributed by atoms with van der Waals surface area (Å²) < 4.78 is 4.55. The van der Waals surface area contributed by atoms with Crippen LogP contribution < -0.4 is 0 Å². The molecule has 0 amide bonds. The number of rotatable bonds is 2. The van der Waals surface area contributed by atoms with Crippen molar-refractivity contribution in [1.82, 2.24) is 10.2 Å². The van der Waals surface area contributed by atoms with E-state index in [0.717, 1.165) is 5.69 Å². The van der Waals surface area contributed by atoms with Gasteiger partial charge in [-0.25, -0.2) is 0 Å². The van der Waals surface area contributed by atoms with Gasteiger partial charge in [-0.2, -0.15) is 5.10 Å². The molecule has 0 saturated heterocycles. The fraction of sp³-hybridized carbons (Fsp3) is 0.600. The van der Waals surface area contributed by atoms with Gasteiger partial charge in [0.2, 0.25) is 0 Å². The lowest BCUT2D eigenvalue weighted by molar-refractivity contribution is -0.138. The summed E-state index contributed by atoms with van der Waals surface area (Å²) in [5.74, 6) is 0. The van der Waals surface area contributed by atoms with E-state index in [1.54, 1.807) is 0 Å². The Kier molecular flexibility index (Phi) is 6.24. The molecule has 0 aliphatic heterocycles. The topological polar surface area (TPSA) is 55.0 Å². The predicted octanol–water partition coefficient (Wildman–Crippen LogP) is 2.82. The number of hydrogen-bond acceptors (Lipinski definition) is 3. The van der Waals surface area contributed by atoms with E-state index in [0.29, 0.717) is 11.3 Å². The molecule has 1 unspecified atom stereocenters. The molecule has 1 atom stereocenters. The number of halogens is 1. The first-order chi connectivity index (χ1) is 6.87. The van der Waals surface area contributed by atoms with E-state index in [2.05, 4.69) is 30.9 Å². The normalized spacial score (nSPS) is 12.3. The van der Waals surface area contributed by atoms with E-state index in [1.807, 2.05) is 40.0 Å². The van der Waals surface area contributed by atoms with Crippen molar-refractivity contribution in [2.24, 2.45) is 0 Å². The average molecular weight is 277 g/mol. The third-order valence-electron chi connectivity index (χ3n) is 1.33. The lowest BCUT2D eigenvalue weighted by Crippen LogP contribution is -2.17. The van der Waals surface area contributed by atoms with E-state index >= 15 is 0 Å². The number of nitrogens with one attached hydrogen (secondary N) is 1. The predicted molar refractivity (Wildman–Crippen MR) is 62.8 cm³/mol. The van der Waals surface area contributed by atoms with Crippen LogP contribution in [0.5, 0.6) is 0 Å². The van der Waals surface area contributed by atoms with Gasteiger partial charge in [0.05, 0.1) is 10.5 Å². The highest BCUT2D eigenvalue weighted by Gasteiger charge is 2.07. The third-order valence-corrected chi connectivity index (χ3v) is 1.80. The SMILES string of the molecule is CC(Br)c1cc[nH]n1.CC(C)(C)OC=O. The zero-order valence-electron chi connectivity index (χ0n) is 9.45. The average Bonchev–Trinajstić information content (AvgIpc) is 2.53. The number of ether oxygens (including phenoxy) is 1. The number of alkyl halides is 1. The van der Waals surface area contributed by atoms with Gasteiger partial charge in [-0.15, -0.1) is 0 Å². The lowest BCUT2D eigenvalue weighted by Gasteiger charge is -2.14. The minimum absolute atomic E-state index is 0.318. The lowest BCUT2D eigenvalue weighted by atomic mass is 10.2.